The van der Waals surface area contributed by atoms with Crippen molar-refractivity contribution in [3.63, 3.8) is 0 Å². The summed E-state index contributed by atoms with van der Waals surface area (Å²) < 4.78 is 5.71. The van der Waals surface area contributed by atoms with Gasteiger partial charge in [-0.05, 0) is 23.8 Å². The highest BCUT2D eigenvalue weighted by Gasteiger charge is 2.12. The number of nitrogens with two attached hydrogens (primary N) is 1. The number of benzene rings is 2. The second-order valence-electron chi connectivity index (χ2n) is 4.86. The van der Waals surface area contributed by atoms with E-state index < -0.39 is 0 Å². The highest BCUT2D eigenvalue weighted by Crippen LogP contribution is 2.23. The summed E-state index contributed by atoms with van der Waals surface area (Å²) in [5, 5.41) is 8.16. The van der Waals surface area contributed by atoms with E-state index in [0.29, 0.717) is 24.1 Å². The summed E-state index contributed by atoms with van der Waals surface area (Å²) in [6.07, 6.45) is 0. The summed E-state index contributed by atoms with van der Waals surface area (Å²) in [6.45, 7) is 0.708. The maximum absolute atomic E-state index is 5.76. The standard InChI is InChI=1S/C16H16N4O/c1-20(11-12-6-3-2-4-7-12)16-19-18-15(21-16)13-8-5-9-14(17)10-13/h2-10H,11,17H2,1H3. The minimum absolute atomic E-state index is 0.470. The average Bonchev–Trinajstić information content (AvgIpc) is 2.98. The van der Waals surface area contributed by atoms with Crippen LogP contribution in [0.2, 0.25) is 0 Å². The van der Waals surface area contributed by atoms with Crippen LogP contribution in [0.3, 0.4) is 0 Å². The van der Waals surface area contributed by atoms with E-state index >= 15 is 0 Å². The zero-order valence-electron chi connectivity index (χ0n) is 11.7. The van der Waals surface area contributed by atoms with Crippen LogP contribution in [0.1, 0.15) is 5.56 Å². The molecule has 0 aliphatic heterocycles. The number of hydrogen-bond acceptors (Lipinski definition) is 5. The monoisotopic (exact) mass is 280 g/mol. The third-order valence-electron chi connectivity index (χ3n) is 3.14. The molecule has 3 rings (SSSR count). The van der Waals surface area contributed by atoms with E-state index in [1.807, 2.05) is 54.4 Å². The van der Waals surface area contributed by atoms with Crippen LogP contribution >= 0.6 is 0 Å². The van der Waals surface area contributed by atoms with Gasteiger partial charge in [0.05, 0.1) is 0 Å². The molecule has 0 unspecified atom stereocenters. The van der Waals surface area contributed by atoms with E-state index in [1.54, 1.807) is 0 Å². The molecule has 1 aromatic heterocycles. The molecule has 21 heavy (non-hydrogen) atoms. The molecule has 0 bridgehead atoms. The first-order chi connectivity index (χ1) is 10.2. The Labute approximate surface area is 123 Å². The van der Waals surface area contributed by atoms with Crippen LogP contribution in [0.15, 0.2) is 59.0 Å². The van der Waals surface area contributed by atoms with Gasteiger partial charge in [0.1, 0.15) is 0 Å². The van der Waals surface area contributed by atoms with Gasteiger partial charge in [0.25, 0.3) is 0 Å². The normalized spacial score (nSPS) is 10.5. The van der Waals surface area contributed by atoms with Crippen molar-refractivity contribution in [1.82, 2.24) is 10.2 Å². The van der Waals surface area contributed by atoms with Crippen molar-refractivity contribution >= 4 is 11.7 Å². The molecular weight excluding hydrogens is 264 g/mol. The third-order valence-corrected chi connectivity index (χ3v) is 3.14. The molecular formula is C16H16N4O. The van der Waals surface area contributed by atoms with Crippen molar-refractivity contribution in [3.8, 4) is 11.5 Å². The van der Waals surface area contributed by atoms with Gasteiger partial charge in [-0.25, -0.2) is 0 Å². The Bertz CT molecular complexity index is 724. The van der Waals surface area contributed by atoms with Gasteiger partial charge < -0.3 is 15.1 Å². The molecule has 2 N–H and O–H groups in total. The zero-order valence-corrected chi connectivity index (χ0v) is 11.7. The van der Waals surface area contributed by atoms with Gasteiger partial charge in [0, 0.05) is 24.8 Å². The molecule has 106 valence electrons. The second kappa shape index (κ2) is 5.66. The largest absolute Gasteiger partial charge is 0.403 e. The Balaban J connectivity index is 1.78. The lowest BCUT2D eigenvalue weighted by Gasteiger charge is -2.13. The predicted octanol–water partition coefficient (Wildman–Crippen LogP) is 2.96. The SMILES string of the molecule is CN(Cc1ccccc1)c1nnc(-c2cccc(N)c2)o1. The van der Waals surface area contributed by atoms with Crippen molar-refractivity contribution in [3.05, 3.63) is 60.2 Å². The van der Waals surface area contributed by atoms with Crippen molar-refractivity contribution in [2.24, 2.45) is 0 Å². The second-order valence-corrected chi connectivity index (χ2v) is 4.86. The highest BCUT2D eigenvalue weighted by molar-refractivity contribution is 5.59. The van der Waals surface area contributed by atoms with Crippen LogP contribution in [0.25, 0.3) is 11.5 Å². The van der Waals surface area contributed by atoms with Gasteiger partial charge in [-0.3, -0.25) is 0 Å². The molecule has 0 spiro atoms. The number of nitrogens with zero attached hydrogens (tertiary/aromatic N) is 3. The van der Waals surface area contributed by atoms with Crippen LogP contribution in [-0.2, 0) is 6.54 Å². The Morgan fingerprint density at radius 3 is 2.62 bits per heavy atom. The van der Waals surface area contributed by atoms with Gasteiger partial charge in [-0.2, -0.15) is 0 Å². The van der Waals surface area contributed by atoms with Gasteiger partial charge in [-0.15, -0.1) is 5.10 Å². The molecule has 0 amide bonds. The van der Waals surface area contributed by atoms with Gasteiger partial charge in [0.15, 0.2) is 0 Å². The number of nitrogen functional groups attached to an aromatic ring is 1. The molecule has 0 aliphatic rings. The fraction of sp³-hybridized carbons (Fsp3) is 0.125. The number of hydrogen-bond donors (Lipinski definition) is 1. The maximum Gasteiger partial charge on any atom is 0.318 e. The molecule has 0 fully saturated rings. The first-order valence-corrected chi connectivity index (χ1v) is 6.67. The quantitative estimate of drug-likeness (QED) is 0.744. The third kappa shape index (κ3) is 3.02. The molecule has 3 aromatic rings. The highest BCUT2D eigenvalue weighted by atomic mass is 16.4. The Morgan fingerprint density at radius 1 is 1.05 bits per heavy atom. The smallest absolute Gasteiger partial charge is 0.318 e. The van der Waals surface area contributed by atoms with Crippen LogP contribution in [0.5, 0.6) is 0 Å². The summed E-state index contributed by atoms with van der Waals surface area (Å²) in [7, 11) is 1.92. The van der Waals surface area contributed by atoms with E-state index in [0.717, 1.165) is 5.56 Å². The van der Waals surface area contributed by atoms with Crippen LogP contribution in [0, 0.1) is 0 Å². The fourth-order valence-corrected chi connectivity index (χ4v) is 2.08. The van der Waals surface area contributed by atoms with Crippen molar-refractivity contribution < 1.29 is 4.42 Å². The summed E-state index contributed by atoms with van der Waals surface area (Å²) in [4.78, 5) is 1.91. The lowest BCUT2D eigenvalue weighted by molar-refractivity contribution is 0.555. The fourth-order valence-electron chi connectivity index (χ4n) is 2.08. The lowest BCUT2D eigenvalue weighted by atomic mass is 10.2. The molecule has 0 saturated heterocycles. The van der Waals surface area contributed by atoms with E-state index in [9.17, 15) is 0 Å². The Hall–Kier alpha value is -2.82. The molecule has 0 radical (unpaired) electrons. The van der Waals surface area contributed by atoms with Gasteiger partial charge in [0.2, 0.25) is 5.89 Å². The predicted molar refractivity (Wildman–Crippen MR) is 82.7 cm³/mol. The number of aromatic nitrogens is 2. The minimum Gasteiger partial charge on any atom is -0.403 e. The van der Waals surface area contributed by atoms with E-state index in [-0.39, 0.29) is 0 Å². The Kier molecular flexibility index (Phi) is 3.55. The van der Waals surface area contributed by atoms with Crippen LogP contribution in [0.4, 0.5) is 11.7 Å². The van der Waals surface area contributed by atoms with Crippen LogP contribution < -0.4 is 10.6 Å². The number of rotatable bonds is 4. The lowest BCUT2D eigenvalue weighted by Crippen LogP contribution is -2.16. The summed E-state index contributed by atoms with van der Waals surface area (Å²) >= 11 is 0. The van der Waals surface area contributed by atoms with Crippen molar-refractivity contribution in [2.45, 2.75) is 6.54 Å². The maximum atomic E-state index is 5.76. The molecule has 0 atom stereocenters. The molecule has 0 aliphatic carbocycles. The number of anilines is 2. The van der Waals surface area contributed by atoms with Crippen molar-refractivity contribution in [2.75, 3.05) is 17.7 Å². The molecule has 5 heteroatoms. The van der Waals surface area contributed by atoms with Gasteiger partial charge in [-0.1, -0.05) is 41.5 Å². The first kappa shape index (κ1) is 13.2. The summed E-state index contributed by atoms with van der Waals surface area (Å²) in [5.41, 5.74) is 8.44. The Morgan fingerprint density at radius 2 is 1.86 bits per heavy atom. The first-order valence-electron chi connectivity index (χ1n) is 6.67. The van der Waals surface area contributed by atoms with E-state index in [2.05, 4.69) is 22.3 Å². The molecule has 1 heterocycles. The zero-order chi connectivity index (χ0) is 14.7. The molecule has 2 aromatic carbocycles. The minimum atomic E-state index is 0.470. The van der Waals surface area contributed by atoms with E-state index in [1.165, 1.54) is 5.56 Å². The molecule has 5 nitrogen and oxygen atoms in total. The van der Waals surface area contributed by atoms with Crippen molar-refractivity contribution in [1.29, 1.82) is 0 Å². The van der Waals surface area contributed by atoms with E-state index in [4.69, 9.17) is 10.2 Å². The molecule has 0 saturated carbocycles. The van der Waals surface area contributed by atoms with Gasteiger partial charge >= 0.3 is 6.01 Å². The average molecular weight is 280 g/mol. The summed E-state index contributed by atoms with van der Waals surface area (Å²) in [5.74, 6) is 0.470. The summed E-state index contributed by atoms with van der Waals surface area (Å²) in [6, 6.07) is 18.0. The topological polar surface area (TPSA) is 68.2 Å². The van der Waals surface area contributed by atoms with Crippen LogP contribution in [-0.4, -0.2) is 17.2 Å².